The molecule has 0 aliphatic carbocycles. The summed E-state index contributed by atoms with van der Waals surface area (Å²) in [6, 6.07) is 6.32. The van der Waals surface area contributed by atoms with Crippen LogP contribution in [0.25, 0.3) is 0 Å². The number of amides is 1. The van der Waals surface area contributed by atoms with Gasteiger partial charge in [0.15, 0.2) is 0 Å². The predicted octanol–water partition coefficient (Wildman–Crippen LogP) is -0.389. The number of carbonyl (C=O) groups excluding carboxylic acids is 1. The van der Waals surface area contributed by atoms with Crippen molar-refractivity contribution in [2.45, 2.75) is 0 Å². The van der Waals surface area contributed by atoms with Gasteiger partial charge >= 0.3 is 5.97 Å². The number of anilines is 1. The van der Waals surface area contributed by atoms with E-state index in [9.17, 15) is 9.59 Å². The van der Waals surface area contributed by atoms with Crippen LogP contribution in [0.4, 0.5) is 5.69 Å². The van der Waals surface area contributed by atoms with Crippen molar-refractivity contribution in [3.8, 4) is 0 Å². The summed E-state index contributed by atoms with van der Waals surface area (Å²) in [5.41, 5.74) is 6.19. The van der Waals surface area contributed by atoms with Crippen LogP contribution < -0.4 is 21.9 Å². The fraction of sp³-hybridized carbons (Fsp3) is 0.0909. The Morgan fingerprint density at radius 1 is 1.33 bits per heavy atom. The van der Waals surface area contributed by atoms with Gasteiger partial charge < -0.3 is 16.2 Å². The van der Waals surface area contributed by atoms with Crippen LogP contribution in [0.1, 0.15) is 10.4 Å². The quantitative estimate of drug-likeness (QED) is 0.417. The van der Waals surface area contributed by atoms with Crippen molar-refractivity contribution >= 4 is 17.6 Å². The lowest BCUT2D eigenvalue weighted by Crippen LogP contribution is -2.29. The molecule has 0 unspecified atom stereocenters. The topological polar surface area (TPSA) is 122 Å². The lowest BCUT2D eigenvalue weighted by atomic mass is 10.2. The average molecular weight is 250 g/mol. The average Bonchev–Trinajstić information content (AvgIpc) is 2.36. The second kappa shape index (κ2) is 6.26. The Morgan fingerprint density at radius 2 is 1.94 bits per heavy atom. The molecule has 0 heterocycles. The Labute approximate surface area is 104 Å². The fourth-order valence-corrected chi connectivity index (χ4v) is 1.22. The molecule has 18 heavy (non-hydrogen) atoms. The molecule has 0 atom stereocenters. The van der Waals surface area contributed by atoms with Gasteiger partial charge in [-0.15, -0.1) is 0 Å². The standard InChI is InChI=1S/C11H14N4O3/c12-5-6-15(13)9-3-1-8(2-4-9)11(18)14-7-10(16)17/h1-6H,7,12-13H2,(H,14,18)(H,16,17)/b6-5-. The lowest BCUT2D eigenvalue weighted by Gasteiger charge is -2.13. The van der Waals surface area contributed by atoms with E-state index in [-0.39, 0.29) is 0 Å². The minimum atomic E-state index is -1.10. The maximum atomic E-state index is 11.5. The van der Waals surface area contributed by atoms with Crippen molar-refractivity contribution in [2.75, 3.05) is 11.6 Å². The molecule has 7 nitrogen and oxygen atoms in total. The van der Waals surface area contributed by atoms with Crippen LogP contribution in [0.2, 0.25) is 0 Å². The van der Waals surface area contributed by atoms with E-state index < -0.39 is 18.4 Å². The first-order valence-electron chi connectivity index (χ1n) is 5.07. The first kappa shape index (κ1) is 13.5. The number of carboxylic acid groups (broad SMARTS) is 1. The highest BCUT2D eigenvalue weighted by Crippen LogP contribution is 2.12. The number of carboxylic acids is 1. The Morgan fingerprint density at radius 3 is 2.44 bits per heavy atom. The SMILES string of the molecule is N/C=C\N(N)c1ccc(C(=O)NCC(=O)O)cc1. The lowest BCUT2D eigenvalue weighted by molar-refractivity contribution is -0.135. The molecular formula is C11H14N4O3. The summed E-state index contributed by atoms with van der Waals surface area (Å²) < 4.78 is 0. The molecule has 0 aliphatic heterocycles. The van der Waals surface area contributed by atoms with Gasteiger partial charge in [-0.2, -0.15) is 0 Å². The normalized spacial score (nSPS) is 10.3. The maximum absolute atomic E-state index is 11.5. The van der Waals surface area contributed by atoms with Crippen molar-refractivity contribution in [3.05, 3.63) is 42.2 Å². The van der Waals surface area contributed by atoms with E-state index in [1.807, 2.05) is 0 Å². The number of carbonyl (C=O) groups is 2. The highest BCUT2D eigenvalue weighted by atomic mass is 16.4. The van der Waals surface area contributed by atoms with E-state index in [0.717, 1.165) is 0 Å². The van der Waals surface area contributed by atoms with Crippen LogP contribution in [-0.2, 0) is 4.79 Å². The van der Waals surface area contributed by atoms with Gasteiger partial charge in [0, 0.05) is 18.0 Å². The molecule has 96 valence electrons. The molecule has 0 spiro atoms. The molecule has 7 heteroatoms. The summed E-state index contributed by atoms with van der Waals surface area (Å²) in [6.45, 7) is -0.417. The van der Waals surface area contributed by atoms with Gasteiger partial charge in [0.1, 0.15) is 6.54 Å². The molecule has 0 fully saturated rings. The van der Waals surface area contributed by atoms with Crippen molar-refractivity contribution in [1.29, 1.82) is 0 Å². The minimum Gasteiger partial charge on any atom is -0.480 e. The van der Waals surface area contributed by atoms with E-state index >= 15 is 0 Å². The molecule has 0 aromatic heterocycles. The molecule has 1 aromatic rings. The summed E-state index contributed by atoms with van der Waals surface area (Å²) in [7, 11) is 0. The molecule has 1 rings (SSSR count). The summed E-state index contributed by atoms with van der Waals surface area (Å²) in [5, 5.41) is 12.0. The third-order valence-electron chi connectivity index (χ3n) is 2.07. The highest BCUT2D eigenvalue weighted by Gasteiger charge is 2.07. The third kappa shape index (κ3) is 3.80. The Bertz CT molecular complexity index is 456. The predicted molar refractivity (Wildman–Crippen MR) is 66.4 cm³/mol. The maximum Gasteiger partial charge on any atom is 0.322 e. The number of nitrogens with zero attached hydrogens (tertiary/aromatic N) is 1. The van der Waals surface area contributed by atoms with Crippen molar-refractivity contribution in [1.82, 2.24) is 5.32 Å². The van der Waals surface area contributed by atoms with E-state index in [2.05, 4.69) is 5.32 Å². The molecule has 1 aromatic carbocycles. The largest absolute Gasteiger partial charge is 0.480 e. The number of hydrogen-bond acceptors (Lipinski definition) is 5. The van der Waals surface area contributed by atoms with Gasteiger partial charge in [-0.3, -0.25) is 14.6 Å². The van der Waals surface area contributed by atoms with Gasteiger partial charge in [-0.05, 0) is 24.3 Å². The Kier molecular flexibility index (Phi) is 4.70. The Balaban J connectivity index is 2.70. The van der Waals surface area contributed by atoms with Crippen LogP contribution in [0, 0.1) is 0 Å². The van der Waals surface area contributed by atoms with Crippen molar-refractivity contribution in [2.24, 2.45) is 11.6 Å². The van der Waals surface area contributed by atoms with Crippen LogP contribution in [0.5, 0.6) is 0 Å². The first-order valence-corrected chi connectivity index (χ1v) is 5.07. The van der Waals surface area contributed by atoms with Crippen LogP contribution in [0.3, 0.4) is 0 Å². The third-order valence-corrected chi connectivity index (χ3v) is 2.07. The second-order valence-electron chi connectivity index (χ2n) is 3.37. The number of benzene rings is 1. The Hall–Kier alpha value is -2.54. The van der Waals surface area contributed by atoms with Crippen LogP contribution >= 0.6 is 0 Å². The van der Waals surface area contributed by atoms with Gasteiger partial charge in [0.25, 0.3) is 5.91 Å². The number of hydrogen-bond donors (Lipinski definition) is 4. The molecule has 1 amide bonds. The van der Waals surface area contributed by atoms with Crippen molar-refractivity contribution in [3.63, 3.8) is 0 Å². The molecular weight excluding hydrogens is 236 g/mol. The van der Waals surface area contributed by atoms with Crippen molar-refractivity contribution < 1.29 is 14.7 Å². The monoisotopic (exact) mass is 250 g/mol. The van der Waals surface area contributed by atoms with Crippen LogP contribution in [0.15, 0.2) is 36.7 Å². The zero-order valence-electron chi connectivity index (χ0n) is 9.54. The highest BCUT2D eigenvalue weighted by molar-refractivity contribution is 5.96. The number of nitrogens with two attached hydrogens (primary N) is 2. The molecule has 0 bridgehead atoms. The second-order valence-corrected chi connectivity index (χ2v) is 3.37. The van der Waals surface area contributed by atoms with E-state index in [1.54, 1.807) is 12.1 Å². The summed E-state index contributed by atoms with van der Waals surface area (Å²) in [4.78, 5) is 21.8. The van der Waals surface area contributed by atoms with E-state index in [0.29, 0.717) is 11.3 Å². The van der Waals surface area contributed by atoms with Gasteiger partial charge in [0.05, 0.1) is 5.69 Å². The van der Waals surface area contributed by atoms with Gasteiger partial charge in [-0.1, -0.05) is 0 Å². The molecule has 6 N–H and O–H groups in total. The zero-order chi connectivity index (χ0) is 13.5. The molecule has 0 saturated heterocycles. The number of aliphatic carboxylic acids is 1. The minimum absolute atomic E-state index is 0.352. The first-order chi connectivity index (χ1) is 8.54. The molecule has 0 aliphatic rings. The molecule has 0 radical (unpaired) electrons. The smallest absolute Gasteiger partial charge is 0.322 e. The van der Waals surface area contributed by atoms with Gasteiger partial charge in [0.2, 0.25) is 0 Å². The van der Waals surface area contributed by atoms with E-state index in [1.165, 1.54) is 29.5 Å². The number of hydrazine groups is 1. The van der Waals surface area contributed by atoms with E-state index in [4.69, 9.17) is 16.7 Å². The summed E-state index contributed by atoms with van der Waals surface area (Å²) >= 11 is 0. The number of nitrogens with one attached hydrogen (secondary N) is 1. The number of rotatable bonds is 5. The summed E-state index contributed by atoms with van der Waals surface area (Å²) in [5.74, 6) is 4.07. The van der Waals surface area contributed by atoms with Gasteiger partial charge in [-0.25, -0.2) is 5.84 Å². The summed E-state index contributed by atoms with van der Waals surface area (Å²) in [6.07, 6.45) is 2.74. The molecule has 0 saturated carbocycles. The van der Waals surface area contributed by atoms with Crippen LogP contribution in [-0.4, -0.2) is 23.5 Å². The fourth-order valence-electron chi connectivity index (χ4n) is 1.22. The zero-order valence-corrected chi connectivity index (χ0v) is 9.54.